The second-order valence-corrected chi connectivity index (χ2v) is 5.29. The van der Waals surface area contributed by atoms with E-state index in [2.05, 4.69) is 35.1 Å². The molecule has 3 heteroatoms. The van der Waals surface area contributed by atoms with Gasteiger partial charge in [0.2, 0.25) is 0 Å². The number of hydrogen-bond acceptors (Lipinski definition) is 1. The lowest BCUT2D eigenvalue weighted by molar-refractivity contribution is 0.749. The maximum atomic E-state index is 6.14. The van der Waals surface area contributed by atoms with Gasteiger partial charge in [0.15, 0.2) is 0 Å². The van der Waals surface area contributed by atoms with Crippen LogP contribution in [-0.2, 0) is 12.8 Å². The van der Waals surface area contributed by atoms with E-state index in [1.165, 1.54) is 12.0 Å². The van der Waals surface area contributed by atoms with Gasteiger partial charge in [-0.1, -0.05) is 42.8 Å². The minimum Gasteiger partial charge on any atom is -0.343 e. The Morgan fingerprint density at radius 2 is 2.10 bits per heavy atom. The third kappa shape index (κ3) is 4.53. The van der Waals surface area contributed by atoms with Crippen molar-refractivity contribution in [3.05, 3.63) is 58.6 Å². The third-order valence-electron chi connectivity index (χ3n) is 3.31. The highest BCUT2D eigenvalue weighted by atomic mass is 35.5. The number of allylic oxidation sites excluding steroid dienone is 1. The number of aromatic amines is 1. The van der Waals surface area contributed by atoms with Crippen molar-refractivity contribution < 1.29 is 0 Å². The van der Waals surface area contributed by atoms with Gasteiger partial charge in [0.1, 0.15) is 5.82 Å². The highest BCUT2D eigenvalue weighted by molar-refractivity contribution is 6.31. The molecule has 1 aromatic carbocycles. The molecule has 0 saturated heterocycles. The molecule has 0 aliphatic heterocycles. The molecular weight excluding hydrogens is 268 g/mol. The molecule has 1 aromatic heterocycles. The van der Waals surface area contributed by atoms with Gasteiger partial charge in [0, 0.05) is 11.4 Å². The topological polar surface area (TPSA) is 28.7 Å². The smallest absolute Gasteiger partial charge is 0.106 e. The summed E-state index contributed by atoms with van der Waals surface area (Å²) >= 11 is 6.14. The molecule has 20 heavy (non-hydrogen) atoms. The van der Waals surface area contributed by atoms with Crippen LogP contribution in [0.2, 0.25) is 5.02 Å². The number of aryl methyl sites for hydroxylation is 2. The van der Waals surface area contributed by atoms with E-state index in [9.17, 15) is 0 Å². The number of hydrogen-bond donors (Lipinski definition) is 1. The number of nitrogens with one attached hydrogen (secondary N) is 1. The minimum atomic E-state index is 0.882. The van der Waals surface area contributed by atoms with Gasteiger partial charge in [0.05, 0.1) is 11.9 Å². The van der Waals surface area contributed by atoms with Gasteiger partial charge >= 0.3 is 0 Å². The first kappa shape index (κ1) is 14.9. The van der Waals surface area contributed by atoms with Gasteiger partial charge in [-0.05, 0) is 43.4 Å². The average molecular weight is 289 g/mol. The molecule has 0 aliphatic carbocycles. The summed E-state index contributed by atoms with van der Waals surface area (Å²) in [4.78, 5) is 7.55. The van der Waals surface area contributed by atoms with Crippen molar-refractivity contribution in [3.8, 4) is 0 Å². The molecule has 0 spiro atoms. The van der Waals surface area contributed by atoms with E-state index in [0.717, 1.165) is 42.2 Å². The quantitative estimate of drug-likeness (QED) is 0.710. The lowest BCUT2D eigenvalue weighted by Crippen LogP contribution is -1.86. The molecular formula is C17H21ClN2. The molecule has 2 rings (SSSR count). The normalized spacial score (nSPS) is 11.3. The fourth-order valence-corrected chi connectivity index (χ4v) is 2.36. The fourth-order valence-electron chi connectivity index (χ4n) is 2.13. The Labute approximate surface area is 125 Å². The van der Waals surface area contributed by atoms with Crippen LogP contribution in [0.5, 0.6) is 0 Å². The van der Waals surface area contributed by atoms with Crippen molar-refractivity contribution in [2.24, 2.45) is 0 Å². The SMILES string of the molecule is CCc1ncc(C=CCCCCc2ccccc2Cl)[nH]1. The number of H-pyrrole nitrogens is 1. The number of halogens is 1. The van der Waals surface area contributed by atoms with Gasteiger partial charge in [-0.15, -0.1) is 0 Å². The van der Waals surface area contributed by atoms with E-state index in [4.69, 9.17) is 11.6 Å². The largest absolute Gasteiger partial charge is 0.343 e. The van der Waals surface area contributed by atoms with Crippen molar-refractivity contribution in [1.29, 1.82) is 0 Å². The molecule has 0 aliphatic rings. The Hall–Kier alpha value is -1.54. The Kier molecular flexibility index (Phi) is 5.87. The highest BCUT2D eigenvalue weighted by Crippen LogP contribution is 2.17. The molecule has 0 fully saturated rings. The summed E-state index contributed by atoms with van der Waals surface area (Å²) in [6, 6.07) is 8.09. The summed E-state index contributed by atoms with van der Waals surface area (Å²) in [5.41, 5.74) is 2.34. The summed E-state index contributed by atoms with van der Waals surface area (Å²) in [6.07, 6.45) is 11.6. The molecule has 0 amide bonds. The van der Waals surface area contributed by atoms with E-state index in [-0.39, 0.29) is 0 Å². The second-order valence-electron chi connectivity index (χ2n) is 4.88. The summed E-state index contributed by atoms with van der Waals surface area (Å²) in [6.45, 7) is 2.10. The molecule has 106 valence electrons. The fraction of sp³-hybridized carbons (Fsp3) is 0.353. The first-order valence-corrected chi connectivity index (χ1v) is 7.61. The third-order valence-corrected chi connectivity index (χ3v) is 3.67. The summed E-state index contributed by atoms with van der Waals surface area (Å²) < 4.78 is 0. The maximum absolute atomic E-state index is 6.14. The van der Waals surface area contributed by atoms with Gasteiger partial charge in [-0.3, -0.25) is 0 Å². The molecule has 1 N–H and O–H groups in total. The number of unbranched alkanes of at least 4 members (excludes halogenated alkanes) is 2. The van der Waals surface area contributed by atoms with Crippen LogP contribution in [-0.4, -0.2) is 9.97 Å². The number of rotatable bonds is 7. The van der Waals surface area contributed by atoms with E-state index < -0.39 is 0 Å². The van der Waals surface area contributed by atoms with Gasteiger partial charge in [0.25, 0.3) is 0 Å². The Morgan fingerprint density at radius 1 is 1.25 bits per heavy atom. The lowest BCUT2D eigenvalue weighted by atomic mass is 10.1. The summed E-state index contributed by atoms with van der Waals surface area (Å²) in [5, 5.41) is 0.882. The molecule has 0 bridgehead atoms. The van der Waals surface area contributed by atoms with Crippen LogP contribution in [0.3, 0.4) is 0 Å². The zero-order valence-electron chi connectivity index (χ0n) is 11.9. The number of imidazole rings is 1. The standard InChI is InChI=1S/C17H21ClN2/c1-2-17-19-13-15(20-17)11-6-4-3-5-9-14-10-7-8-12-16(14)18/h6-8,10-13H,2-5,9H2,1H3,(H,19,20). The number of benzene rings is 1. The van der Waals surface area contributed by atoms with Gasteiger partial charge < -0.3 is 4.98 Å². The molecule has 0 atom stereocenters. The average Bonchev–Trinajstić information content (AvgIpc) is 2.92. The summed E-state index contributed by atoms with van der Waals surface area (Å²) in [5.74, 6) is 1.04. The molecule has 0 saturated carbocycles. The first-order chi connectivity index (χ1) is 9.79. The summed E-state index contributed by atoms with van der Waals surface area (Å²) in [7, 11) is 0. The molecule has 0 radical (unpaired) electrons. The zero-order chi connectivity index (χ0) is 14.2. The van der Waals surface area contributed by atoms with Crippen molar-refractivity contribution in [1.82, 2.24) is 9.97 Å². The second kappa shape index (κ2) is 7.91. The predicted octanol–water partition coefficient (Wildman–Crippen LogP) is 5.05. The molecule has 2 nitrogen and oxygen atoms in total. The van der Waals surface area contributed by atoms with Gasteiger partial charge in [-0.2, -0.15) is 0 Å². The predicted molar refractivity (Wildman–Crippen MR) is 86.0 cm³/mol. The van der Waals surface area contributed by atoms with Crippen molar-refractivity contribution >= 4 is 17.7 Å². The van der Waals surface area contributed by atoms with E-state index in [1.807, 2.05) is 24.4 Å². The zero-order valence-corrected chi connectivity index (χ0v) is 12.7. The van der Waals surface area contributed by atoms with Crippen LogP contribution in [0.15, 0.2) is 36.5 Å². The minimum absolute atomic E-state index is 0.882. The van der Waals surface area contributed by atoms with Crippen LogP contribution < -0.4 is 0 Å². The molecule has 0 unspecified atom stereocenters. The van der Waals surface area contributed by atoms with Crippen LogP contribution in [0.4, 0.5) is 0 Å². The van der Waals surface area contributed by atoms with Crippen LogP contribution in [0.25, 0.3) is 6.08 Å². The Balaban J connectivity index is 1.68. The van der Waals surface area contributed by atoms with Crippen LogP contribution >= 0.6 is 11.6 Å². The van der Waals surface area contributed by atoms with Crippen molar-refractivity contribution in [2.45, 2.75) is 39.0 Å². The van der Waals surface area contributed by atoms with Crippen molar-refractivity contribution in [2.75, 3.05) is 0 Å². The Bertz CT molecular complexity index is 558. The number of aromatic nitrogens is 2. The van der Waals surface area contributed by atoms with E-state index in [1.54, 1.807) is 0 Å². The van der Waals surface area contributed by atoms with Gasteiger partial charge in [-0.25, -0.2) is 4.98 Å². The first-order valence-electron chi connectivity index (χ1n) is 7.23. The molecule has 1 heterocycles. The van der Waals surface area contributed by atoms with E-state index in [0.29, 0.717) is 0 Å². The monoisotopic (exact) mass is 288 g/mol. The van der Waals surface area contributed by atoms with Crippen LogP contribution in [0, 0.1) is 0 Å². The van der Waals surface area contributed by atoms with Crippen molar-refractivity contribution in [3.63, 3.8) is 0 Å². The highest BCUT2D eigenvalue weighted by Gasteiger charge is 1.98. The Morgan fingerprint density at radius 3 is 2.85 bits per heavy atom. The molecule has 2 aromatic rings. The number of nitrogens with zero attached hydrogens (tertiary/aromatic N) is 1. The van der Waals surface area contributed by atoms with E-state index >= 15 is 0 Å². The van der Waals surface area contributed by atoms with Crippen LogP contribution in [0.1, 0.15) is 43.3 Å². The lowest BCUT2D eigenvalue weighted by Gasteiger charge is -2.02. The maximum Gasteiger partial charge on any atom is 0.106 e.